The Balaban J connectivity index is 1.55. The highest BCUT2D eigenvalue weighted by Crippen LogP contribution is 2.46. The first-order valence-electron chi connectivity index (χ1n) is 9.75. The summed E-state index contributed by atoms with van der Waals surface area (Å²) < 4.78 is 26.4. The molecule has 154 valence electrons. The second kappa shape index (κ2) is 8.24. The number of benzene rings is 3. The number of amides is 1. The highest BCUT2D eigenvalue weighted by atomic mass is 19.1. The zero-order valence-corrected chi connectivity index (χ0v) is 16.1. The van der Waals surface area contributed by atoms with Crippen LogP contribution in [0.2, 0.25) is 0 Å². The van der Waals surface area contributed by atoms with Gasteiger partial charge in [-0.2, -0.15) is 0 Å². The largest absolute Gasteiger partial charge is 0.508 e. The lowest BCUT2D eigenvalue weighted by Crippen LogP contribution is -2.55. The van der Waals surface area contributed by atoms with Gasteiger partial charge in [-0.15, -0.1) is 0 Å². The van der Waals surface area contributed by atoms with Gasteiger partial charge in [-0.25, -0.2) is 8.78 Å². The van der Waals surface area contributed by atoms with Crippen molar-refractivity contribution in [1.29, 1.82) is 0 Å². The molecule has 4 nitrogen and oxygen atoms in total. The van der Waals surface area contributed by atoms with E-state index in [1.807, 2.05) is 0 Å². The lowest BCUT2D eigenvalue weighted by molar-refractivity contribution is -0.131. The Morgan fingerprint density at radius 3 is 2.03 bits per heavy atom. The van der Waals surface area contributed by atoms with Crippen LogP contribution < -0.4 is 4.90 Å². The highest BCUT2D eigenvalue weighted by molar-refractivity contribution is 6.03. The van der Waals surface area contributed by atoms with E-state index in [2.05, 4.69) is 0 Å². The fourth-order valence-corrected chi connectivity index (χ4v) is 3.96. The van der Waals surface area contributed by atoms with Crippen LogP contribution in [-0.2, 0) is 4.79 Å². The third-order valence-corrected chi connectivity index (χ3v) is 5.56. The normalized spacial score (nSPS) is 19.4. The number of aliphatic hydroxyl groups excluding tert-OH is 1. The molecule has 1 amide bonds. The number of phenols is 1. The molecule has 0 aliphatic carbocycles. The Morgan fingerprint density at radius 2 is 1.43 bits per heavy atom. The molecule has 0 unspecified atom stereocenters. The first-order valence-corrected chi connectivity index (χ1v) is 9.75. The number of hydrogen-bond donors (Lipinski definition) is 2. The van der Waals surface area contributed by atoms with Crippen molar-refractivity contribution >= 4 is 11.6 Å². The molecule has 0 radical (unpaired) electrons. The van der Waals surface area contributed by atoms with E-state index in [1.54, 1.807) is 41.3 Å². The third kappa shape index (κ3) is 3.91. The number of aliphatic hydroxyl groups is 1. The van der Waals surface area contributed by atoms with Crippen LogP contribution in [0.1, 0.15) is 36.1 Å². The number of carbonyl (C=O) groups is 1. The summed E-state index contributed by atoms with van der Waals surface area (Å²) in [5.74, 6) is -1.10. The topological polar surface area (TPSA) is 60.8 Å². The summed E-state index contributed by atoms with van der Waals surface area (Å²) in [4.78, 5) is 14.6. The number of phenolic OH excluding ortho intramolecular Hbond substituents is 1. The van der Waals surface area contributed by atoms with Crippen molar-refractivity contribution in [3.05, 3.63) is 95.6 Å². The first-order chi connectivity index (χ1) is 14.4. The Bertz CT molecular complexity index is 1020. The van der Waals surface area contributed by atoms with Gasteiger partial charge < -0.3 is 15.1 Å². The summed E-state index contributed by atoms with van der Waals surface area (Å²) >= 11 is 0. The zero-order valence-electron chi connectivity index (χ0n) is 16.1. The van der Waals surface area contributed by atoms with Crippen LogP contribution in [0.25, 0.3) is 0 Å². The zero-order chi connectivity index (χ0) is 21.3. The summed E-state index contributed by atoms with van der Waals surface area (Å²) in [7, 11) is 0. The summed E-state index contributed by atoms with van der Waals surface area (Å²) in [5.41, 5.74) is 2.03. The van der Waals surface area contributed by atoms with E-state index >= 15 is 0 Å². The van der Waals surface area contributed by atoms with Crippen molar-refractivity contribution in [3.63, 3.8) is 0 Å². The quantitative estimate of drug-likeness (QED) is 0.570. The van der Waals surface area contributed by atoms with Crippen LogP contribution in [0.3, 0.4) is 0 Å². The van der Waals surface area contributed by atoms with E-state index in [1.165, 1.54) is 36.4 Å². The van der Waals surface area contributed by atoms with E-state index < -0.39 is 6.10 Å². The average Bonchev–Trinajstić information content (AvgIpc) is 2.74. The van der Waals surface area contributed by atoms with Crippen LogP contribution >= 0.6 is 0 Å². The van der Waals surface area contributed by atoms with Gasteiger partial charge in [0.25, 0.3) is 0 Å². The van der Waals surface area contributed by atoms with Crippen molar-refractivity contribution in [2.75, 3.05) is 4.90 Å². The van der Waals surface area contributed by atoms with Gasteiger partial charge in [0.05, 0.1) is 18.1 Å². The molecule has 2 N–H and O–H groups in total. The predicted molar refractivity (Wildman–Crippen MR) is 109 cm³/mol. The molecule has 0 saturated carbocycles. The fourth-order valence-electron chi connectivity index (χ4n) is 3.96. The molecule has 1 heterocycles. The molecule has 3 aromatic rings. The van der Waals surface area contributed by atoms with Crippen LogP contribution in [0.5, 0.6) is 5.75 Å². The number of rotatable bonds is 6. The molecule has 30 heavy (non-hydrogen) atoms. The molecule has 1 fully saturated rings. The van der Waals surface area contributed by atoms with Crippen molar-refractivity contribution in [2.24, 2.45) is 5.92 Å². The van der Waals surface area contributed by atoms with Crippen LogP contribution in [0.15, 0.2) is 72.8 Å². The first kappa shape index (κ1) is 20.0. The second-order valence-electron chi connectivity index (χ2n) is 7.47. The standard InChI is InChI=1S/C24H21F2NO3/c25-17-5-1-15(2-6-17)22(29)14-13-21-23(16-3-11-20(28)12-4-16)27(24(21)30)19-9-7-18(26)8-10-19/h1-12,21-23,28-29H,13-14H2/t21-,22-,23-/m1/s1. The van der Waals surface area contributed by atoms with Gasteiger partial charge in [-0.3, -0.25) is 4.79 Å². The van der Waals surface area contributed by atoms with Crippen LogP contribution in [0, 0.1) is 17.6 Å². The Kier molecular flexibility index (Phi) is 5.50. The molecule has 1 saturated heterocycles. The molecule has 1 aliphatic heterocycles. The third-order valence-electron chi connectivity index (χ3n) is 5.56. The molecule has 0 spiro atoms. The van der Waals surface area contributed by atoms with Gasteiger partial charge in [0.15, 0.2) is 0 Å². The Morgan fingerprint density at radius 1 is 0.867 bits per heavy atom. The molecular formula is C24H21F2NO3. The van der Waals surface area contributed by atoms with E-state index in [0.717, 1.165) is 5.56 Å². The van der Waals surface area contributed by atoms with Crippen molar-refractivity contribution in [3.8, 4) is 5.75 Å². The maximum Gasteiger partial charge on any atom is 0.233 e. The van der Waals surface area contributed by atoms with Crippen LogP contribution in [-0.4, -0.2) is 16.1 Å². The number of aromatic hydroxyl groups is 1. The monoisotopic (exact) mass is 409 g/mol. The van der Waals surface area contributed by atoms with Gasteiger partial charge in [0.1, 0.15) is 17.4 Å². The summed E-state index contributed by atoms with van der Waals surface area (Å²) in [6.07, 6.45) is -0.0344. The minimum atomic E-state index is -0.807. The van der Waals surface area contributed by atoms with Crippen LogP contribution in [0.4, 0.5) is 14.5 Å². The number of nitrogens with zero attached hydrogens (tertiary/aromatic N) is 1. The number of carbonyl (C=O) groups excluding carboxylic acids is 1. The number of hydrogen-bond acceptors (Lipinski definition) is 3. The summed E-state index contributed by atoms with van der Waals surface area (Å²) in [5, 5.41) is 20.1. The van der Waals surface area contributed by atoms with Crippen molar-refractivity contribution < 1.29 is 23.8 Å². The fraction of sp³-hybridized carbons (Fsp3) is 0.208. The van der Waals surface area contributed by atoms with Gasteiger partial charge in [0, 0.05) is 5.69 Å². The molecule has 4 rings (SSSR count). The average molecular weight is 409 g/mol. The number of β-lactam (4-membered cyclic amide) rings is 1. The highest BCUT2D eigenvalue weighted by Gasteiger charge is 2.48. The molecule has 3 atom stereocenters. The van der Waals surface area contributed by atoms with Gasteiger partial charge in [-0.1, -0.05) is 24.3 Å². The van der Waals surface area contributed by atoms with E-state index in [4.69, 9.17) is 0 Å². The lowest BCUT2D eigenvalue weighted by atomic mass is 9.78. The minimum absolute atomic E-state index is 0.106. The molecular weight excluding hydrogens is 388 g/mol. The second-order valence-corrected chi connectivity index (χ2v) is 7.47. The number of anilines is 1. The van der Waals surface area contributed by atoms with E-state index in [-0.39, 0.29) is 35.3 Å². The summed E-state index contributed by atoms with van der Waals surface area (Å²) in [6.45, 7) is 0. The summed E-state index contributed by atoms with van der Waals surface area (Å²) in [6, 6.07) is 17.7. The molecule has 0 aromatic heterocycles. The van der Waals surface area contributed by atoms with Crippen molar-refractivity contribution in [1.82, 2.24) is 0 Å². The van der Waals surface area contributed by atoms with Gasteiger partial charge in [-0.05, 0) is 72.5 Å². The minimum Gasteiger partial charge on any atom is -0.508 e. The Labute approximate surface area is 173 Å². The number of halogens is 2. The molecule has 6 heteroatoms. The molecule has 3 aromatic carbocycles. The van der Waals surface area contributed by atoms with E-state index in [0.29, 0.717) is 24.1 Å². The predicted octanol–water partition coefficient (Wildman–Crippen LogP) is 4.89. The molecule has 1 aliphatic rings. The van der Waals surface area contributed by atoms with Gasteiger partial charge in [0.2, 0.25) is 5.91 Å². The Hall–Kier alpha value is -3.25. The molecule has 0 bridgehead atoms. The van der Waals surface area contributed by atoms with Crippen molar-refractivity contribution in [2.45, 2.75) is 25.0 Å². The lowest BCUT2D eigenvalue weighted by Gasteiger charge is -2.48. The maximum absolute atomic E-state index is 13.3. The smallest absolute Gasteiger partial charge is 0.233 e. The van der Waals surface area contributed by atoms with Gasteiger partial charge >= 0.3 is 0 Å². The maximum atomic E-state index is 13.3. The SMILES string of the molecule is O=C1[C@H](CC[C@@H](O)c2ccc(F)cc2)[C@@H](c2ccc(O)cc2)N1c1ccc(F)cc1. The van der Waals surface area contributed by atoms with E-state index in [9.17, 15) is 23.8 Å².